The number of hydrogen-bond donors (Lipinski definition) is 3. The van der Waals surface area contributed by atoms with Crippen LogP contribution >= 0.6 is 12.2 Å². The van der Waals surface area contributed by atoms with Crippen LogP contribution in [0.3, 0.4) is 0 Å². The number of nitrogens with one attached hydrogen (secondary N) is 3. The second-order valence-corrected chi connectivity index (χ2v) is 7.73. The number of anilines is 1. The van der Waals surface area contributed by atoms with Crippen molar-refractivity contribution < 1.29 is 14.3 Å². The SMILES string of the molecule is CC(C)COc1ccccc1C(=O)NC(=S)Nc1cccc(C(=O)NC(C)C)c1. The van der Waals surface area contributed by atoms with Crippen molar-refractivity contribution in [3.63, 3.8) is 0 Å². The van der Waals surface area contributed by atoms with Crippen molar-refractivity contribution in [2.45, 2.75) is 33.7 Å². The minimum atomic E-state index is -0.365. The molecule has 7 heteroatoms. The number of rotatable bonds is 7. The molecule has 2 aromatic carbocycles. The first kappa shape index (κ1) is 22.4. The van der Waals surface area contributed by atoms with Crippen molar-refractivity contribution in [1.29, 1.82) is 0 Å². The molecule has 0 aliphatic carbocycles. The fourth-order valence-corrected chi connectivity index (χ4v) is 2.66. The summed E-state index contributed by atoms with van der Waals surface area (Å²) in [6.07, 6.45) is 0. The molecule has 29 heavy (non-hydrogen) atoms. The zero-order valence-corrected chi connectivity index (χ0v) is 17.9. The minimum absolute atomic E-state index is 0.0393. The fraction of sp³-hybridized carbons (Fsp3) is 0.318. The van der Waals surface area contributed by atoms with Gasteiger partial charge in [-0.1, -0.05) is 32.0 Å². The van der Waals surface area contributed by atoms with E-state index in [1.54, 1.807) is 42.5 Å². The number of benzene rings is 2. The van der Waals surface area contributed by atoms with Gasteiger partial charge in [-0.05, 0) is 62.3 Å². The van der Waals surface area contributed by atoms with Crippen molar-refractivity contribution in [1.82, 2.24) is 10.6 Å². The quantitative estimate of drug-likeness (QED) is 0.598. The van der Waals surface area contributed by atoms with Gasteiger partial charge in [0.25, 0.3) is 11.8 Å². The van der Waals surface area contributed by atoms with E-state index in [1.165, 1.54) is 0 Å². The molecule has 3 N–H and O–H groups in total. The van der Waals surface area contributed by atoms with Gasteiger partial charge in [-0.15, -0.1) is 0 Å². The lowest BCUT2D eigenvalue weighted by Gasteiger charge is -2.14. The summed E-state index contributed by atoms with van der Waals surface area (Å²) in [5.41, 5.74) is 1.52. The van der Waals surface area contributed by atoms with Gasteiger partial charge in [0.1, 0.15) is 5.75 Å². The van der Waals surface area contributed by atoms with Gasteiger partial charge in [0.15, 0.2) is 5.11 Å². The molecule has 0 heterocycles. The monoisotopic (exact) mass is 413 g/mol. The van der Waals surface area contributed by atoms with Crippen LogP contribution in [0.25, 0.3) is 0 Å². The van der Waals surface area contributed by atoms with E-state index in [0.717, 1.165) is 0 Å². The maximum atomic E-state index is 12.6. The van der Waals surface area contributed by atoms with Gasteiger partial charge in [-0.25, -0.2) is 0 Å². The Balaban J connectivity index is 2.03. The molecule has 0 aliphatic rings. The largest absolute Gasteiger partial charge is 0.492 e. The molecule has 2 amide bonds. The van der Waals surface area contributed by atoms with E-state index in [2.05, 4.69) is 16.0 Å². The van der Waals surface area contributed by atoms with Crippen LogP contribution in [-0.2, 0) is 0 Å². The number of carbonyl (C=O) groups excluding carboxylic acids is 2. The van der Waals surface area contributed by atoms with Crippen molar-refractivity contribution >= 4 is 34.8 Å². The third-order valence-corrected chi connectivity index (χ3v) is 3.94. The van der Waals surface area contributed by atoms with E-state index in [0.29, 0.717) is 35.1 Å². The Kier molecular flexibility index (Phi) is 8.15. The summed E-state index contributed by atoms with van der Waals surface area (Å²) in [4.78, 5) is 24.8. The number of amides is 2. The Morgan fingerprint density at radius 3 is 2.41 bits per heavy atom. The highest BCUT2D eigenvalue weighted by molar-refractivity contribution is 7.80. The first-order valence-corrected chi connectivity index (χ1v) is 9.92. The van der Waals surface area contributed by atoms with E-state index >= 15 is 0 Å². The first-order chi connectivity index (χ1) is 13.8. The smallest absolute Gasteiger partial charge is 0.261 e. The van der Waals surface area contributed by atoms with Crippen LogP contribution in [0.2, 0.25) is 0 Å². The summed E-state index contributed by atoms with van der Waals surface area (Å²) in [7, 11) is 0. The molecule has 2 aromatic rings. The molecule has 0 aliphatic heterocycles. The lowest BCUT2D eigenvalue weighted by molar-refractivity contribution is 0.0940. The van der Waals surface area contributed by atoms with E-state index < -0.39 is 0 Å². The predicted molar refractivity (Wildman–Crippen MR) is 120 cm³/mol. The predicted octanol–water partition coefficient (Wildman–Crippen LogP) is 3.99. The fourth-order valence-electron chi connectivity index (χ4n) is 2.45. The number of para-hydroxylation sites is 1. The molecule has 0 spiro atoms. The van der Waals surface area contributed by atoms with Crippen LogP contribution in [0.4, 0.5) is 5.69 Å². The van der Waals surface area contributed by atoms with Gasteiger partial charge in [0.2, 0.25) is 0 Å². The highest BCUT2D eigenvalue weighted by Gasteiger charge is 2.14. The normalized spacial score (nSPS) is 10.6. The third kappa shape index (κ3) is 7.19. The standard InChI is InChI=1S/C22H27N3O3S/c1-14(2)13-28-19-11-6-5-10-18(19)21(27)25-22(29)24-17-9-7-8-16(12-17)20(26)23-15(3)4/h5-12,14-15H,13H2,1-4H3,(H,23,26)(H2,24,25,27,29). The molecule has 0 atom stereocenters. The zero-order chi connectivity index (χ0) is 21.4. The average molecular weight is 414 g/mol. The molecule has 6 nitrogen and oxygen atoms in total. The molecule has 154 valence electrons. The molecule has 0 unspecified atom stereocenters. The summed E-state index contributed by atoms with van der Waals surface area (Å²) in [5, 5.41) is 8.56. The van der Waals surface area contributed by atoms with Crippen LogP contribution in [0.15, 0.2) is 48.5 Å². The third-order valence-electron chi connectivity index (χ3n) is 3.73. The van der Waals surface area contributed by atoms with Gasteiger partial charge in [0, 0.05) is 17.3 Å². The van der Waals surface area contributed by atoms with Crippen molar-refractivity contribution in [3.8, 4) is 5.75 Å². The highest BCUT2D eigenvalue weighted by atomic mass is 32.1. The van der Waals surface area contributed by atoms with E-state index in [9.17, 15) is 9.59 Å². The average Bonchev–Trinajstić information content (AvgIpc) is 2.66. The lowest BCUT2D eigenvalue weighted by Crippen LogP contribution is -2.34. The van der Waals surface area contributed by atoms with Crippen LogP contribution in [0.5, 0.6) is 5.75 Å². The van der Waals surface area contributed by atoms with E-state index in [-0.39, 0.29) is 23.0 Å². The van der Waals surface area contributed by atoms with Crippen LogP contribution < -0.4 is 20.7 Å². The molecular formula is C22H27N3O3S. The summed E-state index contributed by atoms with van der Waals surface area (Å²) in [6, 6.07) is 14.0. The second kappa shape index (κ2) is 10.6. The Bertz CT molecular complexity index is 881. The van der Waals surface area contributed by atoms with Crippen LogP contribution in [0.1, 0.15) is 48.4 Å². The summed E-state index contributed by atoms with van der Waals surface area (Å²) < 4.78 is 5.72. The van der Waals surface area contributed by atoms with E-state index in [4.69, 9.17) is 17.0 Å². The Morgan fingerprint density at radius 2 is 1.72 bits per heavy atom. The Labute approximate surface area is 177 Å². The maximum Gasteiger partial charge on any atom is 0.261 e. The van der Waals surface area contributed by atoms with E-state index in [1.807, 2.05) is 33.8 Å². The van der Waals surface area contributed by atoms with Crippen molar-refractivity contribution in [3.05, 3.63) is 59.7 Å². The molecule has 0 fully saturated rings. The van der Waals surface area contributed by atoms with Crippen molar-refractivity contribution in [2.24, 2.45) is 5.92 Å². The second-order valence-electron chi connectivity index (χ2n) is 7.32. The number of carbonyl (C=O) groups is 2. The summed E-state index contributed by atoms with van der Waals surface area (Å²) in [5.74, 6) is 0.313. The number of thiocarbonyl (C=S) groups is 1. The summed E-state index contributed by atoms with van der Waals surface area (Å²) >= 11 is 5.26. The Morgan fingerprint density at radius 1 is 1.00 bits per heavy atom. The zero-order valence-electron chi connectivity index (χ0n) is 17.1. The van der Waals surface area contributed by atoms with Gasteiger partial charge >= 0.3 is 0 Å². The van der Waals surface area contributed by atoms with Gasteiger partial charge in [0.05, 0.1) is 12.2 Å². The minimum Gasteiger partial charge on any atom is -0.492 e. The number of hydrogen-bond acceptors (Lipinski definition) is 4. The first-order valence-electron chi connectivity index (χ1n) is 9.51. The maximum absolute atomic E-state index is 12.6. The van der Waals surface area contributed by atoms with Crippen LogP contribution in [0, 0.1) is 5.92 Å². The lowest BCUT2D eigenvalue weighted by atomic mass is 10.1. The van der Waals surface area contributed by atoms with Gasteiger partial charge < -0.3 is 15.4 Å². The number of ether oxygens (including phenoxy) is 1. The molecule has 2 rings (SSSR count). The highest BCUT2D eigenvalue weighted by Crippen LogP contribution is 2.19. The topological polar surface area (TPSA) is 79.5 Å². The van der Waals surface area contributed by atoms with Gasteiger partial charge in [-0.3, -0.25) is 14.9 Å². The molecule has 0 saturated carbocycles. The van der Waals surface area contributed by atoms with Gasteiger partial charge in [-0.2, -0.15) is 0 Å². The van der Waals surface area contributed by atoms with Crippen LogP contribution in [-0.4, -0.2) is 29.6 Å². The van der Waals surface area contributed by atoms with Crippen molar-refractivity contribution in [2.75, 3.05) is 11.9 Å². The summed E-state index contributed by atoms with van der Waals surface area (Å²) in [6.45, 7) is 8.38. The molecule has 0 bridgehead atoms. The molecule has 0 saturated heterocycles. The Hall–Kier alpha value is -2.93. The molecule has 0 radical (unpaired) electrons. The molecule has 0 aromatic heterocycles. The molecular weight excluding hydrogens is 386 g/mol.